The lowest BCUT2D eigenvalue weighted by Gasteiger charge is -2.19. The van der Waals surface area contributed by atoms with Gasteiger partial charge in [-0.1, -0.05) is 17.7 Å². The van der Waals surface area contributed by atoms with Crippen LogP contribution in [0.3, 0.4) is 0 Å². The zero-order valence-electron chi connectivity index (χ0n) is 14.8. The number of carbonyl (C=O) groups excluding carboxylic acids is 1. The van der Waals surface area contributed by atoms with E-state index in [-0.39, 0.29) is 22.9 Å². The number of esters is 1. The number of hydrogen-bond acceptors (Lipinski definition) is 4. The minimum atomic E-state index is -6.12. The molecule has 0 aliphatic heterocycles. The van der Waals surface area contributed by atoms with Crippen LogP contribution in [0.15, 0.2) is 29.2 Å². The minimum Gasteiger partial charge on any atom is -0.461 e. The highest BCUT2D eigenvalue weighted by Crippen LogP contribution is 2.46. The van der Waals surface area contributed by atoms with E-state index in [0.717, 1.165) is 18.3 Å². The Morgan fingerprint density at radius 3 is 2.50 bits per heavy atom. The summed E-state index contributed by atoms with van der Waals surface area (Å²) in [6.07, 6.45) is -5.26. The van der Waals surface area contributed by atoms with Crippen LogP contribution in [-0.2, 0) is 10.7 Å². The van der Waals surface area contributed by atoms with E-state index in [9.17, 15) is 35.9 Å². The first kappa shape index (κ1) is 21.7. The normalized spacial score (nSPS) is 12.4. The second kappa shape index (κ2) is 7.35. The summed E-state index contributed by atoms with van der Waals surface area (Å²) in [6.45, 7) is 0.963. The Morgan fingerprint density at radius 2 is 1.93 bits per heavy atom. The third-order valence-corrected chi connectivity index (χ3v) is 4.30. The van der Waals surface area contributed by atoms with Crippen molar-refractivity contribution in [3.8, 4) is 11.3 Å². The number of carbonyl (C=O) groups is 1. The van der Waals surface area contributed by atoms with Crippen molar-refractivity contribution in [3.63, 3.8) is 0 Å². The molecule has 6 nitrogen and oxygen atoms in total. The Bertz CT molecular complexity index is 1200. The molecule has 0 spiro atoms. The number of rotatable bonds is 4. The van der Waals surface area contributed by atoms with E-state index >= 15 is 0 Å². The highest BCUT2D eigenvalue weighted by molar-refractivity contribution is 6.30. The van der Waals surface area contributed by atoms with Gasteiger partial charge < -0.3 is 9.72 Å². The molecular weight excluding hydrogens is 444 g/mol. The van der Waals surface area contributed by atoms with Crippen molar-refractivity contribution >= 4 is 23.1 Å². The summed E-state index contributed by atoms with van der Waals surface area (Å²) < 4.78 is 86.0. The minimum absolute atomic E-state index is 0.0215. The van der Waals surface area contributed by atoms with E-state index in [4.69, 9.17) is 11.6 Å². The van der Waals surface area contributed by atoms with Crippen molar-refractivity contribution in [1.82, 2.24) is 14.6 Å². The fourth-order valence-electron chi connectivity index (χ4n) is 2.67. The summed E-state index contributed by atoms with van der Waals surface area (Å²) >= 11 is 5.57. The van der Waals surface area contributed by atoms with Crippen LogP contribution < -0.4 is 5.56 Å². The number of aromatic nitrogens is 3. The van der Waals surface area contributed by atoms with Gasteiger partial charge in [0, 0.05) is 5.56 Å². The first-order valence-electron chi connectivity index (χ1n) is 8.11. The molecule has 1 aromatic carbocycles. The van der Waals surface area contributed by atoms with Crippen molar-refractivity contribution < 1.29 is 35.9 Å². The highest BCUT2D eigenvalue weighted by Gasteiger charge is 2.62. The topological polar surface area (TPSA) is 76.5 Å². The number of hydrogen-bond donors (Lipinski definition) is 1. The number of fused-ring (bicyclic) bond motifs is 1. The smallest absolute Gasteiger partial charge is 0.458 e. The van der Waals surface area contributed by atoms with Gasteiger partial charge in [0.2, 0.25) is 0 Å². The number of alkyl halides is 5. The highest BCUT2D eigenvalue weighted by atomic mass is 35.5. The molecule has 0 aliphatic rings. The van der Waals surface area contributed by atoms with Crippen molar-refractivity contribution in [1.29, 1.82) is 0 Å². The van der Waals surface area contributed by atoms with Gasteiger partial charge in [-0.15, -0.1) is 0 Å². The molecule has 0 saturated heterocycles. The van der Waals surface area contributed by atoms with Crippen molar-refractivity contribution in [3.05, 3.63) is 56.8 Å². The molecule has 0 bridgehead atoms. The number of nitrogens with one attached hydrogen (secondary N) is 1. The number of aromatic amines is 1. The summed E-state index contributed by atoms with van der Waals surface area (Å²) in [7, 11) is 0. The van der Waals surface area contributed by atoms with Crippen molar-refractivity contribution in [2.75, 3.05) is 6.61 Å². The molecule has 30 heavy (non-hydrogen) atoms. The molecule has 0 radical (unpaired) electrons. The summed E-state index contributed by atoms with van der Waals surface area (Å²) in [5.74, 6) is -8.02. The molecule has 160 valence electrons. The number of ether oxygens (including phenoxy) is 1. The molecule has 0 saturated carbocycles. The monoisotopic (exact) mass is 453 g/mol. The Kier molecular flexibility index (Phi) is 5.31. The molecule has 2 heterocycles. The van der Waals surface area contributed by atoms with Gasteiger partial charge >= 0.3 is 18.1 Å². The number of nitrogens with zero attached hydrogens (tertiary/aromatic N) is 2. The Balaban J connectivity index is 2.34. The van der Waals surface area contributed by atoms with Crippen LogP contribution in [0.25, 0.3) is 16.8 Å². The van der Waals surface area contributed by atoms with Crippen LogP contribution in [0.4, 0.5) is 26.3 Å². The fourth-order valence-corrected chi connectivity index (χ4v) is 2.79. The van der Waals surface area contributed by atoms with Crippen LogP contribution in [0.2, 0.25) is 5.02 Å². The van der Waals surface area contributed by atoms with Gasteiger partial charge in [0.05, 0.1) is 29.1 Å². The van der Waals surface area contributed by atoms with Crippen LogP contribution in [0.5, 0.6) is 0 Å². The van der Waals surface area contributed by atoms with Crippen LogP contribution in [-0.4, -0.2) is 33.4 Å². The number of halogens is 7. The zero-order chi connectivity index (χ0) is 22.4. The van der Waals surface area contributed by atoms with E-state index < -0.39 is 46.2 Å². The maximum Gasteiger partial charge on any atom is 0.458 e. The summed E-state index contributed by atoms with van der Waals surface area (Å²) in [4.78, 5) is 26.5. The first-order valence-corrected chi connectivity index (χ1v) is 8.49. The Labute approximate surface area is 168 Å². The van der Waals surface area contributed by atoms with Gasteiger partial charge in [0.15, 0.2) is 5.69 Å². The van der Waals surface area contributed by atoms with Crippen LogP contribution >= 0.6 is 11.6 Å². The predicted octanol–water partition coefficient (Wildman–Crippen LogP) is 4.31. The van der Waals surface area contributed by atoms with Crippen LogP contribution in [0, 0.1) is 5.82 Å². The van der Waals surface area contributed by atoms with Gasteiger partial charge in [-0.25, -0.2) is 13.7 Å². The van der Waals surface area contributed by atoms with E-state index in [2.05, 4.69) is 14.8 Å². The van der Waals surface area contributed by atoms with Crippen molar-refractivity contribution in [2.45, 2.75) is 19.0 Å². The molecule has 13 heteroatoms. The second-order valence-corrected chi connectivity index (χ2v) is 6.34. The first-order chi connectivity index (χ1) is 13.9. The molecule has 0 aliphatic carbocycles. The number of H-pyrrole nitrogens is 1. The molecule has 0 amide bonds. The van der Waals surface area contributed by atoms with E-state index in [0.29, 0.717) is 4.52 Å². The third kappa shape index (κ3) is 3.51. The molecule has 2 aromatic heterocycles. The fraction of sp³-hybridized carbons (Fsp3) is 0.235. The maximum atomic E-state index is 14.2. The molecule has 0 atom stereocenters. The summed E-state index contributed by atoms with van der Waals surface area (Å²) in [5.41, 5.74) is -6.09. The van der Waals surface area contributed by atoms with E-state index in [1.165, 1.54) is 13.0 Å². The average molecular weight is 454 g/mol. The lowest BCUT2D eigenvalue weighted by molar-refractivity contribution is -0.288. The summed E-state index contributed by atoms with van der Waals surface area (Å²) in [5, 5.41) is 3.18. The Hall–Kier alpha value is -3.02. The SMILES string of the molecule is CCOC(=O)c1nn2cc(-c3ccc(Cl)c(F)c3)[nH]c(=O)c2c1C(F)(F)C(F)(F)F. The van der Waals surface area contributed by atoms with Gasteiger partial charge in [-0.05, 0) is 19.1 Å². The van der Waals surface area contributed by atoms with Crippen molar-refractivity contribution in [2.24, 2.45) is 0 Å². The average Bonchev–Trinajstić information content (AvgIpc) is 3.04. The summed E-state index contributed by atoms with van der Waals surface area (Å²) in [6, 6.07) is 3.31. The maximum absolute atomic E-state index is 14.2. The van der Waals surface area contributed by atoms with E-state index in [1.807, 2.05) is 0 Å². The standard InChI is InChI=1S/C17H10ClF6N3O3/c1-2-30-15(29)12-11(16(20,21)17(22,23)24)13-14(28)25-10(6-27(13)26-12)7-3-4-8(18)9(19)5-7/h3-6H,2H2,1H3,(H,25,28). The molecular formula is C17H10ClF6N3O3. The predicted molar refractivity (Wildman–Crippen MR) is 92.1 cm³/mol. The largest absolute Gasteiger partial charge is 0.461 e. The van der Waals surface area contributed by atoms with Gasteiger partial charge in [0.1, 0.15) is 11.3 Å². The molecule has 3 rings (SSSR count). The third-order valence-electron chi connectivity index (χ3n) is 3.99. The van der Waals surface area contributed by atoms with Gasteiger partial charge in [0.25, 0.3) is 5.56 Å². The van der Waals surface area contributed by atoms with Crippen LogP contribution in [0.1, 0.15) is 23.0 Å². The lowest BCUT2D eigenvalue weighted by atomic mass is 10.1. The molecule has 0 fully saturated rings. The van der Waals surface area contributed by atoms with E-state index in [1.54, 1.807) is 0 Å². The zero-order valence-corrected chi connectivity index (χ0v) is 15.5. The molecule has 0 unspecified atom stereocenters. The number of benzene rings is 1. The van der Waals surface area contributed by atoms with Gasteiger partial charge in [-0.3, -0.25) is 4.79 Å². The van der Waals surface area contributed by atoms with Gasteiger partial charge in [-0.2, -0.15) is 27.1 Å². The lowest BCUT2D eigenvalue weighted by Crippen LogP contribution is -2.36. The Morgan fingerprint density at radius 1 is 1.27 bits per heavy atom. The molecule has 1 N–H and O–H groups in total. The molecule has 3 aromatic rings. The quantitative estimate of drug-likeness (QED) is 0.472. The second-order valence-electron chi connectivity index (χ2n) is 5.94.